The molecule has 0 spiro atoms. The average Bonchev–Trinajstić information content (AvgIpc) is 0.811. The summed E-state index contributed by atoms with van der Waals surface area (Å²) >= 11 is -2.06. The van der Waals surface area contributed by atoms with Crippen molar-refractivity contribution in [3.05, 3.63) is 0 Å². The molecule has 0 aliphatic heterocycles. The maximum absolute atomic E-state index is 4.99. The van der Waals surface area contributed by atoms with Crippen LogP contribution < -0.4 is 0 Å². The molecule has 24 valence electrons. The Kier molecular flexibility index (Phi) is 3.76. The molecule has 0 N–H and O–H groups in total. The van der Waals surface area contributed by atoms with E-state index in [1.165, 1.54) is 0 Å². The van der Waals surface area contributed by atoms with Crippen LogP contribution in [0.3, 0.4) is 0 Å². The van der Waals surface area contributed by atoms with E-state index in [-0.39, 0.29) is 0 Å². The SMILES string of the molecule is [Cl][68Ga]([Cl])[Cl]. The van der Waals surface area contributed by atoms with Crippen molar-refractivity contribution in [3.8, 4) is 0 Å². The fraction of sp³-hybridized carbons (Fsp3) is 0. The molecule has 0 aliphatic carbocycles. The molecule has 4 heteroatoms. The van der Waals surface area contributed by atoms with Crippen molar-refractivity contribution in [1.82, 2.24) is 0 Å². The fourth-order valence-electron chi connectivity index (χ4n) is 0. The summed E-state index contributed by atoms with van der Waals surface area (Å²) in [7, 11) is 15.0. The Morgan fingerprint density at radius 2 is 1.00 bits per heavy atom. The molecular weight excluding hydrogens is 174 g/mol. The maximum atomic E-state index is 4.99. The van der Waals surface area contributed by atoms with E-state index < -0.39 is 13.2 Å². The Morgan fingerprint density at radius 3 is 1.00 bits per heavy atom. The van der Waals surface area contributed by atoms with Gasteiger partial charge >= 0.3 is 42.1 Å². The first-order valence-electron chi connectivity index (χ1n) is 0.655. The van der Waals surface area contributed by atoms with Crippen LogP contribution in [-0.4, -0.2) is 13.2 Å². The zero-order valence-electron chi connectivity index (χ0n) is 1.71. The van der Waals surface area contributed by atoms with E-state index in [0.29, 0.717) is 0 Å². The van der Waals surface area contributed by atoms with E-state index in [9.17, 15) is 0 Å². The van der Waals surface area contributed by atoms with Gasteiger partial charge in [-0.05, 0) is 0 Å². The Bertz CT molecular complexity index is 8.00. The van der Waals surface area contributed by atoms with E-state index in [1.807, 2.05) is 0 Å². The van der Waals surface area contributed by atoms with Crippen molar-refractivity contribution in [2.24, 2.45) is 0 Å². The molecule has 0 saturated carbocycles. The Balaban J connectivity index is 2.32. The summed E-state index contributed by atoms with van der Waals surface area (Å²) in [5, 5.41) is 0. The van der Waals surface area contributed by atoms with Crippen LogP contribution in [0.5, 0.6) is 0 Å². The number of hydrogen-bond donors (Lipinski definition) is 0. The van der Waals surface area contributed by atoms with Crippen LogP contribution in [0.15, 0.2) is 0 Å². The molecule has 0 aromatic carbocycles. The third kappa shape index (κ3) is 9.71. The molecule has 0 radical (unpaired) electrons. The summed E-state index contributed by atoms with van der Waals surface area (Å²) in [6.45, 7) is 0. The number of halogens is 3. The van der Waals surface area contributed by atoms with Crippen LogP contribution in [0.4, 0.5) is 0 Å². The van der Waals surface area contributed by atoms with Crippen LogP contribution in [0, 0.1) is 0 Å². The molecule has 0 fully saturated rings. The van der Waals surface area contributed by atoms with Gasteiger partial charge in [0, 0.05) is 0 Å². The van der Waals surface area contributed by atoms with Crippen LogP contribution in [-0.2, 0) is 0 Å². The van der Waals surface area contributed by atoms with Gasteiger partial charge in [0.15, 0.2) is 0 Å². The molecule has 0 aliphatic rings. The van der Waals surface area contributed by atoms with E-state index in [2.05, 4.69) is 0 Å². The second-order valence-electron chi connectivity index (χ2n) is 0.247. The summed E-state index contributed by atoms with van der Waals surface area (Å²) in [5.41, 5.74) is 0. The van der Waals surface area contributed by atoms with Gasteiger partial charge in [-0.25, -0.2) is 0 Å². The molecule has 0 rings (SSSR count). The average molecular weight is 174 g/mol. The summed E-state index contributed by atoms with van der Waals surface area (Å²) < 4.78 is 0. The van der Waals surface area contributed by atoms with Crippen LogP contribution >= 0.6 is 28.9 Å². The van der Waals surface area contributed by atoms with Crippen LogP contribution in [0.25, 0.3) is 0 Å². The van der Waals surface area contributed by atoms with E-state index in [1.54, 1.807) is 0 Å². The predicted octanol–water partition coefficient (Wildman–Crippen LogP) is 1.69. The van der Waals surface area contributed by atoms with Gasteiger partial charge < -0.3 is 0 Å². The minimum atomic E-state index is -2.06. The number of rotatable bonds is 0. The molecular formula is Cl3Ga. The molecule has 4 heavy (non-hydrogen) atoms. The molecule has 0 aromatic heterocycles. The van der Waals surface area contributed by atoms with Crippen molar-refractivity contribution in [2.45, 2.75) is 0 Å². The van der Waals surface area contributed by atoms with E-state index in [0.717, 1.165) is 0 Å². The Labute approximate surface area is 42.1 Å². The van der Waals surface area contributed by atoms with Gasteiger partial charge in [-0.3, -0.25) is 0 Å². The van der Waals surface area contributed by atoms with E-state index >= 15 is 0 Å². The van der Waals surface area contributed by atoms with E-state index in [4.69, 9.17) is 28.9 Å². The van der Waals surface area contributed by atoms with Crippen molar-refractivity contribution in [3.63, 3.8) is 0 Å². The summed E-state index contributed by atoms with van der Waals surface area (Å²) in [6.07, 6.45) is 0. The topological polar surface area (TPSA) is 0 Å². The van der Waals surface area contributed by atoms with Gasteiger partial charge in [0.2, 0.25) is 0 Å². The monoisotopic (exact) mass is 173 g/mol. The predicted molar refractivity (Wildman–Crippen MR) is 23.3 cm³/mol. The standard InChI is InChI=1S/3ClH.Ga/h3*1H;/q;;;+3/p-3/i;;;1-2. The first kappa shape index (κ1) is 5.51. The fourth-order valence-corrected chi connectivity index (χ4v) is 0. The molecule has 0 saturated heterocycles. The van der Waals surface area contributed by atoms with Crippen molar-refractivity contribution < 1.29 is 0 Å². The molecule has 0 bridgehead atoms. The summed E-state index contributed by atoms with van der Waals surface area (Å²) in [6, 6.07) is 0. The van der Waals surface area contributed by atoms with Gasteiger partial charge in [0.05, 0.1) is 0 Å². The Morgan fingerprint density at radius 1 is 1.00 bits per heavy atom. The van der Waals surface area contributed by atoms with Gasteiger partial charge in [0.1, 0.15) is 0 Å². The minimum absolute atomic E-state index is 2.06. The first-order valence-corrected chi connectivity index (χ1v) is 10.2. The second-order valence-corrected chi connectivity index (χ2v) is 11.6. The van der Waals surface area contributed by atoms with Gasteiger partial charge in [-0.1, -0.05) is 0 Å². The molecule has 0 heterocycles. The van der Waals surface area contributed by atoms with Gasteiger partial charge in [-0.15, -0.1) is 0 Å². The molecule has 0 unspecified atom stereocenters. The first-order chi connectivity index (χ1) is 1.73. The van der Waals surface area contributed by atoms with Gasteiger partial charge in [-0.2, -0.15) is 0 Å². The van der Waals surface area contributed by atoms with Crippen molar-refractivity contribution >= 4 is 42.1 Å². The number of hydrogen-bond acceptors (Lipinski definition) is 0. The second kappa shape index (κ2) is 2.73. The zero-order chi connectivity index (χ0) is 3.58. The molecule has 0 aromatic rings. The molecule has 0 nitrogen and oxygen atoms in total. The summed E-state index contributed by atoms with van der Waals surface area (Å²) in [5.74, 6) is 0. The van der Waals surface area contributed by atoms with Crippen molar-refractivity contribution in [1.29, 1.82) is 0 Å². The van der Waals surface area contributed by atoms with Crippen LogP contribution in [0.1, 0.15) is 0 Å². The molecule has 0 amide bonds. The summed E-state index contributed by atoms with van der Waals surface area (Å²) in [4.78, 5) is 0. The van der Waals surface area contributed by atoms with Crippen LogP contribution in [0.2, 0.25) is 0 Å². The quantitative estimate of drug-likeness (QED) is 0.490. The normalized spacial score (nSPS) is 6.75. The zero-order valence-corrected chi connectivity index (χ0v) is 6.40. The third-order valence-electron chi connectivity index (χ3n) is 0. The van der Waals surface area contributed by atoms with Crippen molar-refractivity contribution in [2.75, 3.05) is 0 Å². The Hall–Kier alpha value is 1.51. The molecule has 0 atom stereocenters. The third-order valence-corrected chi connectivity index (χ3v) is 0. The van der Waals surface area contributed by atoms with Gasteiger partial charge in [0.25, 0.3) is 0 Å².